The van der Waals surface area contributed by atoms with E-state index in [1.54, 1.807) is 0 Å². The fraction of sp³-hybridized carbons (Fsp3) is 0.500. The van der Waals surface area contributed by atoms with E-state index in [0.29, 0.717) is 5.75 Å². The molecule has 0 bridgehead atoms. The highest BCUT2D eigenvalue weighted by Crippen LogP contribution is 2.07. The van der Waals surface area contributed by atoms with Gasteiger partial charge in [0.2, 0.25) is 17.7 Å². The topological polar surface area (TPSA) is 188 Å². The highest BCUT2D eigenvalue weighted by Gasteiger charge is 2.29. The molecule has 0 saturated carbocycles. The average molecular weight is 497 g/mol. The van der Waals surface area contributed by atoms with Gasteiger partial charge in [-0.15, -0.1) is 0 Å². The highest BCUT2D eigenvalue weighted by molar-refractivity contribution is 7.98. The van der Waals surface area contributed by atoms with Crippen molar-refractivity contribution in [3.05, 3.63) is 35.9 Å². The molecule has 0 aliphatic heterocycles. The number of benzene rings is 1. The van der Waals surface area contributed by atoms with E-state index in [1.165, 1.54) is 18.7 Å². The van der Waals surface area contributed by atoms with Crippen LogP contribution < -0.4 is 21.7 Å². The van der Waals surface area contributed by atoms with E-state index in [2.05, 4.69) is 16.0 Å². The van der Waals surface area contributed by atoms with Crippen LogP contribution in [0.3, 0.4) is 0 Å². The predicted molar refractivity (Wildman–Crippen MR) is 127 cm³/mol. The summed E-state index contributed by atoms with van der Waals surface area (Å²) in [4.78, 5) is 60.0. The monoisotopic (exact) mass is 496 g/mol. The van der Waals surface area contributed by atoms with Crippen LogP contribution >= 0.6 is 11.8 Å². The molecule has 3 amide bonds. The van der Waals surface area contributed by atoms with E-state index in [9.17, 15) is 24.0 Å². The normalized spacial score (nSPS) is 14.2. The Kier molecular flexibility index (Phi) is 12.7. The van der Waals surface area contributed by atoms with Gasteiger partial charge in [0.1, 0.15) is 18.1 Å². The fourth-order valence-corrected chi connectivity index (χ4v) is 3.40. The molecular weight excluding hydrogens is 464 g/mol. The number of carboxylic acid groups (broad SMARTS) is 2. The number of rotatable bonds is 15. The number of thioether (sulfide) groups is 1. The van der Waals surface area contributed by atoms with Crippen molar-refractivity contribution in [3.63, 3.8) is 0 Å². The van der Waals surface area contributed by atoms with Gasteiger partial charge in [-0.25, -0.2) is 0 Å². The summed E-state index contributed by atoms with van der Waals surface area (Å²) in [6.07, 6.45) is 1.66. The number of nitrogens with two attached hydrogens (primary N) is 1. The van der Waals surface area contributed by atoms with E-state index in [0.717, 1.165) is 5.56 Å². The Morgan fingerprint density at radius 1 is 0.912 bits per heavy atom. The summed E-state index contributed by atoms with van der Waals surface area (Å²) in [7, 11) is 0. The smallest absolute Gasteiger partial charge is 0.325 e. The van der Waals surface area contributed by atoms with Gasteiger partial charge in [-0.3, -0.25) is 24.0 Å². The van der Waals surface area contributed by atoms with Gasteiger partial charge < -0.3 is 31.9 Å². The van der Waals surface area contributed by atoms with Crippen LogP contribution in [0.2, 0.25) is 0 Å². The molecule has 1 rings (SSSR count). The van der Waals surface area contributed by atoms with E-state index in [-0.39, 0.29) is 19.3 Å². The maximum absolute atomic E-state index is 12.9. The summed E-state index contributed by atoms with van der Waals surface area (Å²) < 4.78 is 0. The largest absolute Gasteiger partial charge is 0.481 e. The number of hydrogen-bond donors (Lipinski definition) is 6. The number of carbonyl (C=O) groups is 5. The summed E-state index contributed by atoms with van der Waals surface area (Å²) in [6, 6.07) is 4.69. The quantitative estimate of drug-likeness (QED) is 0.190. The standard InChI is InChI=1S/C22H32N4O7S/c1-13(22(32)33)24-20(30)16(8-9-18(27)28)26-21(31)17(10-11-34-2)25-19(29)15(23)12-14-6-4-3-5-7-14/h3-7,13,15-17H,8-12,23H2,1-2H3,(H,24,30)(H,25,29)(H,26,31)(H,27,28)(H,32,33). The fourth-order valence-electron chi connectivity index (χ4n) is 2.93. The second kappa shape index (κ2) is 14.9. The second-order valence-electron chi connectivity index (χ2n) is 7.70. The van der Waals surface area contributed by atoms with Crippen LogP contribution in [0.4, 0.5) is 0 Å². The van der Waals surface area contributed by atoms with Gasteiger partial charge in [-0.05, 0) is 43.8 Å². The van der Waals surface area contributed by atoms with Gasteiger partial charge >= 0.3 is 11.9 Å². The lowest BCUT2D eigenvalue weighted by atomic mass is 10.0. The Bertz CT molecular complexity index is 853. The molecule has 34 heavy (non-hydrogen) atoms. The van der Waals surface area contributed by atoms with Crippen LogP contribution in [0.15, 0.2) is 30.3 Å². The molecule has 1 aromatic rings. The number of carboxylic acids is 2. The van der Waals surface area contributed by atoms with Gasteiger partial charge in [-0.1, -0.05) is 30.3 Å². The van der Waals surface area contributed by atoms with Gasteiger partial charge in [0.15, 0.2) is 0 Å². The van der Waals surface area contributed by atoms with Crippen molar-refractivity contribution in [2.75, 3.05) is 12.0 Å². The summed E-state index contributed by atoms with van der Waals surface area (Å²) in [6.45, 7) is 1.24. The number of amides is 3. The molecule has 4 atom stereocenters. The van der Waals surface area contributed by atoms with Crippen LogP contribution in [0.5, 0.6) is 0 Å². The first-order chi connectivity index (χ1) is 16.0. The number of aliphatic carboxylic acids is 2. The molecule has 0 aliphatic rings. The SMILES string of the molecule is CSCCC(NC(=O)C(N)Cc1ccccc1)C(=O)NC(CCC(=O)O)C(=O)NC(C)C(=O)O. The van der Waals surface area contributed by atoms with E-state index in [4.69, 9.17) is 15.9 Å². The Morgan fingerprint density at radius 3 is 2.03 bits per heavy atom. The molecule has 0 aliphatic carbocycles. The lowest BCUT2D eigenvalue weighted by molar-refractivity contribution is -0.142. The Morgan fingerprint density at radius 2 is 1.47 bits per heavy atom. The minimum atomic E-state index is -1.29. The molecule has 0 aromatic heterocycles. The van der Waals surface area contributed by atoms with Crippen LogP contribution in [0.1, 0.15) is 31.7 Å². The Labute approximate surface area is 202 Å². The summed E-state index contributed by atoms with van der Waals surface area (Å²) in [5.41, 5.74) is 6.86. The molecule has 7 N–H and O–H groups in total. The first kappa shape index (κ1) is 28.9. The van der Waals surface area contributed by atoms with Crippen molar-refractivity contribution in [3.8, 4) is 0 Å². The van der Waals surface area contributed by atoms with Crippen LogP contribution in [-0.2, 0) is 30.4 Å². The van der Waals surface area contributed by atoms with Gasteiger partial charge in [0.05, 0.1) is 6.04 Å². The molecule has 0 spiro atoms. The van der Waals surface area contributed by atoms with E-state index >= 15 is 0 Å². The molecule has 188 valence electrons. The van der Waals surface area contributed by atoms with Crippen molar-refractivity contribution in [1.82, 2.24) is 16.0 Å². The molecule has 11 nitrogen and oxygen atoms in total. The second-order valence-corrected chi connectivity index (χ2v) is 8.69. The molecule has 1 aromatic carbocycles. The van der Waals surface area contributed by atoms with Crippen molar-refractivity contribution >= 4 is 41.4 Å². The lowest BCUT2D eigenvalue weighted by Crippen LogP contribution is -2.57. The molecule has 12 heteroatoms. The average Bonchev–Trinajstić information content (AvgIpc) is 2.79. The molecular formula is C22H32N4O7S. The van der Waals surface area contributed by atoms with Crippen LogP contribution in [0.25, 0.3) is 0 Å². The minimum Gasteiger partial charge on any atom is -0.481 e. The van der Waals surface area contributed by atoms with Gasteiger partial charge in [-0.2, -0.15) is 11.8 Å². The first-order valence-corrected chi connectivity index (χ1v) is 12.1. The number of hydrogen-bond acceptors (Lipinski definition) is 7. The number of nitrogens with one attached hydrogen (secondary N) is 3. The highest BCUT2D eigenvalue weighted by atomic mass is 32.2. The van der Waals surface area contributed by atoms with Crippen molar-refractivity contribution in [2.45, 2.75) is 56.8 Å². The predicted octanol–water partition coefficient (Wildman–Crippen LogP) is -0.267. The zero-order valence-electron chi connectivity index (χ0n) is 19.2. The van der Waals surface area contributed by atoms with Gasteiger partial charge in [0, 0.05) is 6.42 Å². The Hall–Kier alpha value is -3.12. The number of carbonyl (C=O) groups excluding carboxylic acids is 3. The molecule has 0 saturated heterocycles. The molecule has 0 fully saturated rings. The summed E-state index contributed by atoms with van der Waals surface area (Å²) in [5.74, 6) is -4.01. The molecule has 0 heterocycles. The Balaban J connectivity index is 2.90. The maximum atomic E-state index is 12.9. The van der Waals surface area contributed by atoms with Crippen molar-refractivity contribution in [1.29, 1.82) is 0 Å². The minimum absolute atomic E-state index is 0.246. The van der Waals surface area contributed by atoms with E-state index < -0.39 is 60.2 Å². The third-order valence-corrected chi connectivity index (χ3v) is 5.53. The lowest BCUT2D eigenvalue weighted by Gasteiger charge is -2.24. The third kappa shape index (κ3) is 10.7. The maximum Gasteiger partial charge on any atom is 0.325 e. The van der Waals surface area contributed by atoms with Crippen LogP contribution in [-0.4, -0.2) is 76.0 Å². The molecule has 4 unspecified atom stereocenters. The van der Waals surface area contributed by atoms with E-state index in [1.807, 2.05) is 36.6 Å². The van der Waals surface area contributed by atoms with Gasteiger partial charge in [0.25, 0.3) is 0 Å². The van der Waals surface area contributed by atoms with Crippen molar-refractivity contribution in [2.24, 2.45) is 5.73 Å². The molecule has 0 radical (unpaired) electrons. The zero-order chi connectivity index (χ0) is 25.7. The third-order valence-electron chi connectivity index (χ3n) is 4.89. The van der Waals surface area contributed by atoms with Crippen LogP contribution in [0, 0.1) is 0 Å². The first-order valence-electron chi connectivity index (χ1n) is 10.7. The summed E-state index contributed by atoms with van der Waals surface area (Å²) >= 11 is 1.45. The summed E-state index contributed by atoms with van der Waals surface area (Å²) in [5, 5.41) is 25.2. The zero-order valence-corrected chi connectivity index (χ0v) is 20.0. The van der Waals surface area contributed by atoms with Crippen molar-refractivity contribution < 1.29 is 34.2 Å².